The summed E-state index contributed by atoms with van der Waals surface area (Å²) < 4.78 is 6.28. The molecule has 1 heterocycles. The van der Waals surface area contributed by atoms with Crippen molar-refractivity contribution in [3.8, 4) is 5.75 Å². The van der Waals surface area contributed by atoms with Crippen molar-refractivity contribution in [2.75, 3.05) is 39.2 Å². The Kier molecular flexibility index (Phi) is 7.44. The van der Waals surface area contributed by atoms with Crippen LogP contribution in [-0.2, 0) is 0 Å². The first-order valence-electron chi connectivity index (χ1n) is 8.14. The molecular formula is C19H21Cl2N3O2S. The lowest BCUT2D eigenvalue weighted by Crippen LogP contribution is -2.36. The van der Waals surface area contributed by atoms with Gasteiger partial charge in [0.1, 0.15) is 5.75 Å². The lowest BCUT2D eigenvalue weighted by atomic mass is 10.2. The Morgan fingerprint density at radius 1 is 1.15 bits per heavy atom. The van der Waals surface area contributed by atoms with Crippen molar-refractivity contribution in [1.82, 2.24) is 9.88 Å². The normalized spacial score (nSPS) is 10.7. The minimum absolute atomic E-state index is 0. The SMILES string of the molecule is COc1ccc2sc(N(CCN(C)C)C(=O)c3ccc(Cl)cc3)nc2c1.Cl. The van der Waals surface area contributed by atoms with Gasteiger partial charge in [0, 0.05) is 29.7 Å². The van der Waals surface area contributed by atoms with E-state index >= 15 is 0 Å². The molecule has 1 amide bonds. The van der Waals surface area contributed by atoms with E-state index in [2.05, 4.69) is 4.98 Å². The molecule has 0 bridgehead atoms. The van der Waals surface area contributed by atoms with Crippen LogP contribution in [0.3, 0.4) is 0 Å². The molecule has 3 aromatic rings. The quantitative estimate of drug-likeness (QED) is 0.579. The van der Waals surface area contributed by atoms with E-state index in [-0.39, 0.29) is 18.3 Å². The number of hydrogen-bond donors (Lipinski definition) is 0. The molecule has 0 radical (unpaired) electrons. The Labute approximate surface area is 173 Å². The third kappa shape index (κ3) is 5.11. The van der Waals surface area contributed by atoms with Crippen LogP contribution in [0.1, 0.15) is 10.4 Å². The molecule has 2 aromatic carbocycles. The zero-order valence-electron chi connectivity index (χ0n) is 15.3. The summed E-state index contributed by atoms with van der Waals surface area (Å²) in [5.74, 6) is 0.660. The van der Waals surface area contributed by atoms with Crippen LogP contribution in [-0.4, -0.2) is 50.1 Å². The lowest BCUT2D eigenvalue weighted by molar-refractivity contribution is 0.0985. The van der Waals surface area contributed by atoms with Gasteiger partial charge in [0.05, 0.1) is 17.3 Å². The first-order valence-corrected chi connectivity index (χ1v) is 9.34. The van der Waals surface area contributed by atoms with Gasteiger partial charge in [-0.15, -0.1) is 12.4 Å². The van der Waals surface area contributed by atoms with Gasteiger partial charge in [0.2, 0.25) is 0 Å². The Morgan fingerprint density at radius 3 is 2.48 bits per heavy atom. The fourth-order valence-corrected chi connectivity index (χ4v) is 3.57. The molecular weight excluding hydrogens is 405 g/mol. The Hall–Kier alpha value is -1.86. The van der Waals surface area contributed by atoms with E-state index in [4.69, 9.17) is 16.3 Å². The van der Waals surface area contributed by atoms with E-state index in [0.717, 1.165) is 22.5 Å². The summed E-state index contributed by atoms with van der Waals surface area (Å²) in [6.45, 7) is 1.28. The monoisotopic (exact) mass is 425 g/mol. The number of likely N-dealkylation sites (N-methyl/N-ethyl adjacent to an activating group) is 1. The molecule has 3 rings (SSSR count). The van der Waals surface area contributed by atoms with Crippen molar-refractivity contribution in [2.24, 2.45) is 0 Å². The van der Waals surface area contributed by atoms with Crippen LogP contribution in [0.25, 0.3) is 10.2 Å². The zero-order valence-corrected chi connectivity index (χ0v) is 17.7. The van der Waals surface area contributed by atoms with Gasteiger partial charge in [-0.3, -0.25) is 9.69 Å². The first-order chi connectivity index (χ1) is 12.5. The van der Waals surface area contributed by atoms with E-state index in [1.54, 1.807) is 36.3 Å². The second-order valence-electron chi connectivity index (χ2n) is 6.10. The van der Waals surface area contributed by atoms with Gasteiger partial charge in [-0.2, -0.15) is 0 Å². The van der Waals surface area contributed by atoms with Gasteiger partial charge in [-0.05, 0) is 50.5 Å². The fourth-order valence-electron chi connectivity index (χ4n) is 2.47. The number of nitrogens with zero attached hydrogens (tertiary/aromatic N) is 3. The summed E-state index contributed by atoms with van der Waals surface area (Å²) in [5.41, 5.74) is 1.41. The molecule has 1 aromatic heterocycles. The van der Waals surface area contributed by atoms with Crippen LogP contribution < -0.4 is 9.64 Å². The summed E-state index contributed by atoms with van der Waals surface area (Å²) in [5, 5.41) is 1.28. The average Bonchev–Trinajstić information content (AvgIpc) is 3.04. The summed E-state index contributed by atoms with van der Waals surface area (Å²) >= 11 is 7.44. The topological polar surface area (TPSA) is 45.7 Å². The van der Waals surface area contributed by atoms with Gasteiger partial charge in [0.25, 0.3) is 5.91 Å². The van der Waals surface area contributed by atoms with Crippen molar-refractivity contribution in [3.63, 3.8) is 0 Å². The van der Waals surface area contributed by atoms with E-state index in [1.807, 2.05) is 37.2 Å². The molecule has 0 saturated heterocycles. The van der Waals surface area contributed by atoms with Crippen LogP contribution in [0.2, 0.25) is 5.02 Å². The molecule has 144 valence electrons. The number of benzene rings is 2. The van der Waals surface area contributed by atoms with Gasteiger partial charge < -0.3 is 9.64 Å². The number of anilines is 1. The Balaban J connectivity index is 0.00000261. The molecule has 0 fully saturated rings. The van der Waals surface area contributed by atoms with Crippen molar-refractivity contribution in [3.05, 3.63) is 53.1 Å². The minimum atomic E-state index is -0.0884. The third-order valence-corrected chi connectivity index (χ3v) is 5.23. The second kappa shape index (κ2) is 9.37. The van der Waals surface area contributed by atoms with Crippen molar-refractivity contribution < 1.29 is 9.53 Å². The summed E-state index contributed by atoms with van der Waals surface area (Å²) in [6, 6.07) is 12.7. The maximum absolute atomic E-state index is 13.1. The summed E-state index contributed by atoms with van der Waals surface area (Å²) in [4.78, 5) is 21.5. The predicted molar refractivity (Wildman–Crippen MR) is 115 cm³/mol. The Bertz CT molecular complexity index is 913. The highest BCUT2D eigenvalue weighted by molar-refractivity contribution is 7.22. The van der Waals surface area contributed by atoms with Gasteiger partial charge in [-0.25, -0.2) is 4.98 Å². The number of halogens is 2. The van der Waals surface area contributed by atoms with Crippen LogP contribution in [0.15, 0.2) is 42.5 Å². The molecule has 5 nitrogen and oxygen atoms in total. The second-order valence-corrected chi connectivity index (χ2v) is 7.54. The molecule has 0 N–H and O–H groups in total. The predicted octanol–water partition coefficient (Wildman–Crippen LogP) is 4.59. The number of carbonyl (C=O) groups is 1. The van der Waals surface area contributed by atoms with Crippen molar-refractivity contribution in [1.29, 1.82) is 0 Å². The molecule has 0 atom stereocenters. The number of carbonyl (C=O) groups excluding carboxylic acids is 1. The lowest BCUT2D eigenvalue weighted by Gasteiger charge is -2.22. The average molecular weight is 426 g/mol. The van der Waals surface area contributed by atoms with E-state index in [0.29, 0.717) is 22.3 Å². The molecule has 8 heteroatoms. The number of thiazole rings is 1. The smallest absolute Gasteiger partial charge is 0.260 e. The number of fused-ring (bicyclic) bond motifs is 1. The van der Waals surface area contributed by atoms with Gasteiger partial charge >= 0.3 is 0 Å². The highest BCUT2D eigenvalue weighted by atomic mass is 35.5. The molecule has 0 aliphatic rings. The Morgan fingerprint density at radius 2 is 1.85 bits per heavy atom. The number of rotatable bonds is 6. The number of amides is 1. The number of methoxy groups -OCH3 is 1. The van der Waals surface area contributed by atoms with Crippen LogP contribution >= 0.6 is 35.3 Å². The number of aromatic nitrogens is 1. The summed E-state index contributed by atoms with van der Waals surface area (Å²) in [7, 11) is 5.59. The molecule has 0 aliphatic heterocycles. The maximum Gasteiger partial charge on any atom is 0.260 e. The van der Waals surface area contributed by atoms with Crippen LogP contribution in [0.4, 0.5) is 5.13 Å². The van der Waals surface area contributed by atoms with E-state index in [1.165, 1.54) is 11.3 Å². The van der Waals surface area contributed by atoms with Gasteiger partial charge in [0.15, 0.2) is 5.13 Å². The molecule has 0 spiro atoms. The molecule has 0 unspecified atom stereocenters. The minimum Gasteiger partial charge on any atom is -0.497 e. The molecule has 0 aliphatic carbocycles. The number of ether oxygens (including phenoxy) is 1. The fraction of sp³-hybridized carbons (Fsp3) is 0.263. The highest BCUT2D eigenvalue weighted by Gasteiger charge is 2.21. The largest absolute Gasteiger partial charge is 0.497 e. The number of hydrogen-bond acceptors (Lipinski definition) is 5. The zero-order chi connectivity index (χ0) is 18.7. The molecule has 0 saturated carbocycles. The van der Waals surface area contributed by atoms with E-state index < -0.39 is 0 Å². The first kappa shape index (κ1) is 21.4. The van der Waals surface area contributed by atoms with E-state index in [9.17, 15) is 4.79 Å². The van der Waals surface area contributed by atoms with Crippen LogP contribution in [0, 0.1) is 0 Å². The molecule has 27 heavy (non-hydrogen) atoms. The standard InChI is InChI=1S/C19H20ClN3O2S.ClH/c1-22(2)10-11-23(18(24)13-4-6-14(20)7-5-13)19-21-16-12-15(25-3)8-9-17(16)26-19;/h4-9,12H,10-11H2,1-3H3;1H. The van der Waals surface area contributed by atoms with Gasteiger partial charge in [-0.1, -0.05) is 22.9 Å². The third-order valence-electron chi connectivity index (χ3n) is 3.92. The highest BCUT2D eigenvalue weighted by Crippen LogP contribution is 2.32. The van der Waals surface area contributed by atoms with Crippen molar-refractivity contribution in [2.45, 2.75) is 0 Å². The van der Waals surface area contributed by atoms with Crippen LogP contribution in [0.5, 0.6) is 5.75 Å². The van der Waals surface area contributed by atoms with Crippen molar-refractivity contribution >= 4 is 56.6 Å². The summed E-state index contributed by atoms with van der Waals surface area (Å²) in [6.07, 6.45) is 0. The maximum atomic E-state index is 13.1.